The molecule has 0 unspecified atom stereocenters. The molecule has 0 fully saturated rings. The van der Waals surface area contributed by atoms with Gasteiger partial charge >= 0.3 is 0 Å². The molecule has 3 nitrogen and oxygen atoms in total. The van der Waals surface area contributed by atoms with Gasteiger partial charge in [0.05, 0.1) is 6.04 Å². The molecule has 0 saturated heterocycles. The van der Waals surface area contributed by atoms with Gasteiger partial charge < -0.3 is 11.1 Å². The molecule has 0 heterocycles. The summed E-state index contributed by atoms with van der Waals surface area (Å²) in [7, 11) is 0. The van der Waals surface area contributed by atoms with Crippen molar-refractivity contribution < 1.29 is 4.79 Å². The first-order chi connectivity index (χ1) is 7.09. The molecule has 1 aromatic rings. The van der Waals surface area contributed by atoms with Crippen molar-refractivity contribution in [2.45, 2.75) is 19.4 Å². The Morgan fingerprint density at radius 3 is 2.81 bits per heavy atom. The van der Waals surface area contributed by atoms with Gasteiger partial charge in [-0.3, -0.25) is 4.79 Å². The van der Waals surface area contributed by atoms with E-state index in [0.717, 1.165) is 12.0 Å². The molecule has 16 heavy (non-hydrogen) atoms. The molecular weight excluding hydrogens is 247 g/mol. The smallest absolute Gasteiger partial charge is 0.236 e. The Kier molecular flexibility index (Phi) is 7.13. The van der Waals surface area contributed by atoms with E-state index < -0.39 is 6.04 Å². The summed E-state index contributed by atoms with van der Waals surface area (Å²) in [5, 5.41) is 3.46. The van der Waals surface area contributed by atoms with Gasteiger partial charge in [-0.05, 0) is 31.0 Å². The standard InChI is InChI=1S/C11H15ClN2O.ClH/c1-8(13)11(15)14-6-5-9-3-2-4-10(12)7-9;/h2-4,7-8H,5-6,13H2,1H3,(H,14,15);1H/t8-;/m0./s1. The number of rotatable bonds is 4. The number of nitrogens with one attached hydrogen (secondary N) is 1. The zero-order chi connectivity index (χ0) is 11.3. The average Bonchev–Trinajstić information content (AvgIpc) is 2.17. The molecule has 0 aromatic heterocycles. The van der Waals surface area contributed by atoms with E-state index in [1.54, 1.807) is 6.92 Å². The zero-order valence-corrected chi connectivity index (χ0v) is 10.6. The first-order valence-electron chi connectivity index (χ1n) is 4.87. The van der Waals surface area contributed by atoms with Crippen LogP contribution in [0.1, 0.15) is 12.5 Å². The number of carbonyl (C=O) groups excluding carboxylic acids is 1. The molecular formula is C11H16Cl2N2O. The van der Waals surface area contributed by atoms with Gasteiger partial charge in [0, 0.05) is 11.6 Å². The fourth-order valence-electron chi connectivity index (χ4n) is 1.18. The summed E-state index contributed by atoms with van der Waals surface area (Å²) in [6, 6.07) is 7.13. The summed E-state index contributed by atoms with van der Waals surface area (Å²) in [4.78, 5) is 11.1. The average molecular weight is 263 g/mol. The maximum Gasteiger partial charge on any atom is 0.236 e. The van der Waals surface area contributed by atoms with Crippen molar-refractivity contribution in [2.75, 3.05) is 6.54 Å². The van der Waals surface area contributed by atoms with Gasteiger partial charge in [-0.1, -0.05) is 23.7 Å². The van der Waals surface area contributed by atoms with Crippen LogP contribution in [-0.2, 0) is 11.2 Å². The van der Waals surface area contributed by atoms with Crippen LogP contribution >= 0.6 is 24.0 Å². The van der Waals surface area contributed by atoms with E-state index in [0.29, 0.717) is 11.6 Å². The van der Waals surface area contributed by atoms with Crippen molar-refractivity contribution in [2.24, 2.45) is 5.73 Å². The number of hydrogen-bond acceptors (Lipinski definition) is 2. The lowest BCUT2D eigenvalue weighted by Crippen LogP contribution is -2.39. The minimum atomic E-state index is -0.454. The Bertz CT molecular complexity index is 343. The summed E-state index contributed by atoms with van der Waals surface area (Å²) in [6.07, 6.45) is 0.763. The van der Waals surface area contributed by atoms with E-state index >= 15 is 0 Å². The Hall–Kier alpha value is -0.770. The number of amides is 1. The molecule has 1 atom stereocenters. The summed E-state index contributed by atoms with van der Waals surface area (Å²) in [6.45, 7) is 2.25. The SMILES string of the molecule is C[C@H](N)C(=O)NCCc1cccc(Cl)c1.Cl. The molecule has 3 N–H and O–H groups in total. The lowest BCUT2D eigenvalue weighted by molar-refractivity contribution is -0.121. The van der Waals surface area contributed by atoms with Gasteiger partial charge in [0.2, 0.25) is 5.91 Å². The van der Waals surface area contributed by atoms with E-state index in [4.69, 9.17) is 17.3 Å². The van der Waals surface area contributed by atoms with E-state index in [1.165, 1.54) is 0 Å². The molecule has 1 aromatic carbocycles. The van der Waals surface area contributed by atoms with Crippen molar-refractivity contribution in [3.63, 3.8) is 0 Å². The normalized spacial score (nSPS) is 11.4. The van der Waals surface area contributed by atoms with Gasteiger partial charge in [-0.15, -0.1) is 12.4 Å². The van der Waals surface area contributed by atoms with Crippen LogP contribution in [0.5, 0.6) is 0 Å². The molecule has 0 aliphatic heterocycles. The van der Waals surface area contributed by atoms with Crippen LogP contribution in [0.2, 0.25) is 5.02 Å². The molecule has 0 aliphatic rings. The largest absolute Gasteiger partial charge is 0.354 e. The number of hydrogen-bond donors (Lipinski definition) is 2. The summed E-state index contributed by atoms with van der Waals surface area (Å²) in [5.74, 6) is -0.128. The monoisotopic (exact) mass is 262 g/mol. The third kappa shape index (κ3) is 5.35. The highest BCUT2D eigenvalue weighted by molar-refractivity contribution is 6.30. The van der Waals surface area contributed by atoms with Crippen molar-refractivity contribution in [3.05, 3.63) is 34.9 Å². The second-order valence-electron chi connectivity index (χ2n) is 3.46. The second-order valence-corrected chi connectivity index (χ2v) is 3.90. The van der Waals surface area contributed by atoms with Crippen LogP contribution < -0.4 is 11.1 Å². The molecule has 1 amide bonds. The van der Waals surface area contributed by atoms with Crippen molar-refractivity contribution in [1.29, 1.82) is 0 Å². The predicted octanol–water partition coefficient (Wildman–Crippen LogP) is 1.77. The van der Waals surface area contributed by atoms with E-state index in [9.17, 15) is 4.79 Å². The summed E-state index contributed by atoms with van der Waals surface area (Å²) >= 11 is 5.83. The summed E-state index contributed by atoms with van der Waals surface area (Å²) in [5.41, 5.74) is 6.51. The van der Waals surface area contributed by atoms with E-state index in [-0.39, 0.29) is 18.3 Å². The lowest BCUT2D eigenvalue weighted by Gasteiger charge is -2.07. The lowest BCUT2D eigenvalue weighted by atomic mass is 10.1. The maximum atomic E-state index is 11.1. The number of halogens is 2. The summed E-state index contributed by atoms with van der Waals surface area (Å²) < 4.78 is 0. The van der Waals surface area contributed by atoms with Crippen LogP contribution in [0.15, 0.2) is 24.3 Å². The minimum absolute atomic E-state index is 0. The van der Waals surface area contributed by atoms with Crippen molar-refractivity contribution in [1.82, 2.24) is 5.32 Å². The molecule has 1 rings (SSSR count). The Morgan fingerprint density at radius 1 is 1.56 bits per heavy atom. The molecule has 0 saturated carbocycles. The highest BCUT2D eigenvalue weighted by Crippen LogP contribution is 2.10. The van der Waals surface area contributed by atoms with Gasteiger partial charge in [-0.25, -0.2) is 0 Å². The maximum absolute atomic E-state index is 11.1. The first kappa shape index (κ1) is 15.2. The second kappa shape index (κ2) is 7.49. The predicted molar refractivity (Wildman–Crippen MR) is 69.1 cm³/mol. The van der Waals surface area contributed by atoms with Crippen LogP contribution in [0.3, 0.4) is 0 Å². The highest BCUT2D eigenvalue weighted by Gasteiger charge is 2.05. The topological polar surface area (TPSA) is 55.1 Å². The van der Waals surface area contributed by atoms with Crippen molar-refractivity contribution >= 4 is 29.9 Å². The molecule has 5 heteroatoms. The number of benzene rings is 1. The number of carbonyl (C=O) groups is 1. The molecule has 0 bridgehead atoms. The van der Waals surface area contributed by atoms with E-state index in [2.05, 4.69) is 5.32 Å². The molecule has 0 aliphatic carbocycles. The number of nitrogens with two attached hydrogens (primary N) is 1. The minimum Gasteiger partial charge on any atom is -0.354 e. The van der Waals surface area contributed by atoms with Crippen molar-refractivity contribution in [3.8, 4) is 0 Å². The fourth-order valence-corrected chi connectivity index (χ4v) is 1.40. The third-order valence-electron chi connectivity index (χ3n) is 2.02. The van der Waals surface area contributed by atoms with Crippen LogP contribution in [0.25, 0.3) is 0 Å². The van der Waals surface area contributed by atoms with E-state index in [1.807, 2.05) is 24.3 Å². The van der Waals surface area contributed by atoms with Crippen LogP contribution in [0.4, 0.5) is 0 Å². The van der Waals surface area contributed by atoms with Crippen LogP contribution in [-0.4, -0.2) is 18.5 Å². The van der Waals surface area contributed by atoms with Crippen LogP contribution in [0, 0.1) is 0 Å². The molecule has 0 spiro atoms. The fraction of sp³-hybridized carbons (Fsp3) is 0.364. The Morgan fingerprint density at radius 2 is 2.25 bits per heavy atom. The zero-order valence-electron chi connectivity index (χ0n) is 9.07. The highest BCUT2D eigenvalue weighted by atomic mass is 35.5. The van der Waals surface area contributed by atoms with Gasteiger partial charge in [-0.2, -0.15) is 0 Å². The third-order valence-corrected chi connectivity index (χ3v) is 2.25. The van der Waals surface area contributed by atoms with Gasteiger partial charge in [0.1, 0.15) is 0 Å². The Labute approximate surface area is 107 Å². The van der Waals surface area contributed by atoms with Gasteiger partial charge in [0.15, 0.2) is 0 Å². The molecule has 90 valence electrons. The quantitative estimate of drug-likeness (QED) is 0.869. The Balaban J connectivity index is 0.00000225. The molecule has 0 radical (unpaired) electrons. The van der Waals surface area contributed by atoms with Gasteiger partial charge in [0.25, 0.3) is 0 Å². The first-order valence-corrected chi connectivity index (χ1v) is 5.25.